The van der Waals surface area contributed by atoms with Crippen molar-refractivity contribution in [2.24, 2.45) is 7.05 Å². The highest BCUT2D eigenvalue weighted by Gasteiger charge is 2.05. The first-order valence-corrected chi connectivity index (χ1v) is 3.91. The maximum atomic E-state index is 11.1. The van der Waals surface area contributed by atoms with E-state index in [9.17, 15) is 4.79 Å². The van der Waals surface area contributed by atoms with Gasteiger partial charge in [-0.2, -0.15) is 0 Å². The van der Waals surface area contributed by atoms with Gasteiger partial charge in [0, 0.05) is 7.05 Å². The normalized spacial score (nSPS) is 10.9. The summed E-state index contributed by atoms with van der Waals surface area (Å²) in [7, 11) is 1.63. The maximum absolute atomic E-state index is 11.1. The van der Waals surface area contributed by atoms with Crippen molar-refractivity contribution in [2.75, 3.05) is 0 Å². The molecule has 0 saturated heterocycles. The molecule has 4 nitrogen and oxygen atoms in total. The molecule has 0 fully saturated rings. The van der Waals surface area contributed by atoms with Crippen molar-refractivity contribution in [3.63, 3.8) is 0 Å². The maximum Gasteiger partial charge on any atom is 0.419 e. The van der Waals surface area contributed by atoms with Gasteiger partial charge in [0.2, 0.25) is 0 Å². The molecule has 0 aliphatic heterocycles. The minimum Gasteiger partial charge on any atom is -0.408 e. The topological polar surface area (TPSA) is 55.4 Å². The molecule has 2 aromatic rings. The molecule has 0 amide bonds. The molecule has 4 heteroatoms. The fraction of sp³-hybridized carbons (Fsp3) is 0.222. The first kappa shape index (κ1) is 8.07. The lowest BCUT2D eigenvalue weighted by Crippen LogP contribution is -2.08. The predicted octanol–water partition coefficient (Wildman–Crippen LogP) is 0.624. The second kappa shape index (κ2) is 2.74. The van der Waals surface area contributed by atoms with Crippen molar-refractivity contribution >= 4 is 11.1 Å². The number of hydrogen-bond acceptors (Lipinski definition) is 3. The smallest absolute Gasteiger partial charge is 0.408 e. The number of aliphatic hydroxyl groups is 1. The highest BCUT2D eigenvalue weighted by atomic mass is 16.4. The summed E-state index contributed by atoms with van der Waals surface area (Å²) in [6.45, 7) is -0.0324. The fourth-order valence-corrected chi connectivity index (χ4v) is 1.27. The third-order valence-electron chi connectivity index (χ3n) is 2.04. The largest absolute Gasteiger partial charge is 0.419 e. The van der Waals surface area contributed by atoms with Gasteiger partial charge < -0.3 is 9.52 Å². The molecule has 1 heterocycles. The van der Waals surface area contributed by atoms with Crippen LogP contribution < -0.4 is 5.76 Å². The lowest BCUT2D eigenvalue weighted by molar-refractivity contribution is 0.282. The summed E-state index contributed by atoms with van der Waals surface area (Å²) in [5, 5.41) is 8.88. The monoisotopic (exact) mass is 179 g/mol. The molecule has 2 rings (SSSR count). The minimum absolute atomic E-state index is 0.0324. The molecule has 0 atom stereocenters. The molecule has 1 N–H and O–H groups in total. The average molecular weight is 179 g/mol. The second-order valence-electron chi connectivity index (χ2n) is 2.89. The summed E-state index contributed by atoms with van der Waals surface area (Å²) in [4.78, 5) is 11.1. The molecular weight excluding hydrogens is 170 g/mol. The van der Waals surface area contributed by atoms with E-state index in [0.29, 0.717) is 11.1 Å². The Hall–Kier alpha value is -1.55. The quantitative estimate of drug-likeness (QED) is 0.698. The van der Waals surface area contributed by atoms with Gasteiger partial charge >= 0.3 is 5.76 Å². The molecule has 1 aromatic heterocycles. The standard InChI is InChI=1S/C9H9NO3/c1-10-7-4-6(5-11)2-3-8(7)13-9(10)12/h2-4,11H,5H2,1H3. The van der Waals surface area contributed by atoms with Gasteiger partial charge in [-0.25, -0.2) is 4.79 Å². The van der Waals surface area contributed by atoms with Gasteiger partial charge in [-0.05, 0) is 17.7 Å². The highest BCUT2D eigenvalue weighted by molar-refractivity contribution is 5.73. The number of oxazole rings is 1. The van der Waals surface area contributed by atoms with Gasteiger partial charge in [0.25, 0.3) is 0 Å². The summed E-state index contributed by atoms with van der Waals surface area (Å²) >= 11 is 0. The van der Waals surface area contributed by atoms with Crippen LogP contribution in [0.15, 0.2) is 27.4 Å². The van der Waals surface area contributed by atoms with Gasteiger partial charge in [-0.15, -0.1) is 0 Å². The summed E-state index contributed by atoms with van der Waals surface area (Å²) in [5.41, 5.74) is 2.02. The molecule has 68 valence electrons. The van der Waals surface area contributed by atoms with Crippen molar-refractivity contribution in [3.05, 3.63) is 34.3 Å². The fourth-order valence-electron chi connectivity index (χ4n) is 1.27. The van der Waals surface area contributed by atoms with Crippen LogP contribution >= 0.6 is 0 Å². The Bertz CT molecular complexity index is 495. The lowest BCUT2D eigenvalue weighted by Gasteiger charge is -1.95. The van der Waals surface area contributed by atoms with Gasteiger partial charge in [-0.3, -0.25) is 4.57 Å². The van der Waals surface area contributed by atoms with Crippen LogP contribution in [0.25, 0.3) is 11.1 Å². The van der Waals surface area contributed by atoms with Gasteiger partial charge in [-0.1, -0.05) is 6.07 Å². The van der Waals surface area contributed by atoms with E-state index in [0.717, 1.165) is 5.56 Å². The first-order valence-electron chi connectivity index (χ1n) is 3.91. The van der Waals surface area contributed by atoms with Crippen LogP contribution in [0.3, 0.4) is 0 Å². The van der Waals surface area contributed by atoms with Crippen molar-refractivity contribution in [1.29, 1.82) is 0 Å². The summed E-state index contributed by atoms with van der Waals surface area (Å²) < 4.78 is 6.34. The van der Waals surface area contributed by atoms with E-state index >= 15 is 0 Å². The van der Waals surface area contributed by atoms with Crippen molar-refractivity contribution in [1.82, 2.24) is 4.57 Å². The molecule has 1 aromatic carbocycles. The zero-order valence-electron chi connectivity index (χ0n) is 7.15. The van der Waals surface area contributed by atoms with E-state index in [2.05, 4.69) is 0 Å². The van der Waals surface area contributed by atoms with Gasteiger partial charge in [0.1, 0.15) is 0 Å². The predicted molar refractivity (Wildman–Crippen MR) is 47.4 cm³/mol. The Labute approximate surface area is 74.0 Å². The Morgan fingerprint density at radius 1 is 1.54 bits per heavy atom. The van der Waals surface area contributed by atoms with Crippen molar-refractivity contribution < 1.29 is 9.52 Å². The number of benzene rings is 1. The highest BCUT2D eigenvalue weighted by Crippen LogP contribution is 2.13. The molecule has 0 radical (unpaired) electrons. The number of aromatic nitrogens is 1. The number of aryl methyl sites for hydroxylation is 1. The van der Waals surface area contributed by atoms with E-state index in [4.69, 9.17) is 9.52 Å². The molecular formula is C9H9NO3. The Morgan fingerprint density at radius 3 is 3.00 bits per heavy atom. The lowest BCUT2D eigenvalue weighted by atomic mass is 10.2. The van der Waals surface area contributed by atoms with Crippen LogP contribution in [0.1, 0.15) is 5.56 Å². The average Bonchev–Trinajstić information content (AvgIpc) is 2.43. The summed E-state index contributed by atoms with van der Waals surface area (Å²) in [5.74, 6) is -0.384. The zero-order valence-corrected chi connectivity index (χ0v) is 7.15. The second-order valence-corrected chi connectivity index (χ2v) is 2.89. The number of rotatable bonds is 1. The van der Waals surface area contributed by atoms with Crippen LogP contribution in [0, 0.1) is 0 Å². The van der Waals surface area contributed by atoms with E-state index < -0.39 is 0 Å². The number of nitrogens with zero attached hydrogens (tertiary/aromatic N) is 1. The molecule has 13 heavy (non-hydrogen) atoms. The third kappa shape index (κ3) is 1.15. The molecule has 0 saturated carbocycles. The number of hydrogen-bond donors (Lipinski definition) is 1. The molecule has 0 spiro atoms. The van der Waals surface area contributed by atoms with E-state index in [1.165, 1.54) is 4.57 Å². The Morgan fingerprint density at radius 2 is 2.31 bits per heavy atom. The van der Waals surface area contributed by atoms with Crippen LogP contribution in [-0.4, -0.2) is 9.67 Å². The van der Waals surface area contributed by atoms with Gasteiger partial charge in [0.15, 0.2) is 5.58 Å². The summed E-state index contributed by atoms with van der Waals surface area (Å²) in [6, 6.07) is 5.15. The van der Waals surface area contributed by atoms with Crippen LogP contribution in [0.5, 0.6) is 0 Å². The van der Waals surface area contributed by atoms with E-state index in [-0.39, 0.29) is 12.4 Å². The molecule has 0 aliphatic carbocycles. The first-order chi connectivity index (χ1) is 6.22. The third-order valence-corrected chi connectivity index (χ3v) is 2.04. The number of aliphatic hydroxyl groups excluding tert-OH is 1. The van der Waals surface area contributed by atoms with Crippen LogP contribution in [0.2, 0.25) is 0 Å². The Kier molecular flexibility index (Phi) is 1.70. The van der Waals surface area contributed by atoms with E-state index in [1.807, 2.05) is 0 Å². The molecule has 0 unspecified atom stereocenters. The molecule has 0 bridgehead atoms. The summed E-state index contributed by atoms with van der Waals surface area (Å²) in [6.07, 6.45) is 0. The van der Waals surface area contributed by atoms with Crippen molar-refractivity contribution in [2.45, 2.75) is 6.61 Å². The Balaban J connectivity index is 2.82. The van der Waals surface area contributed by atoms with Crippen LogP contribution in [0.4, 0.5) is 0 Å². The van der Waals surface area contributed by atoms with Crippen LogP contribution in [-0.2, 0) is 13.7 Å². The molecule has 0 aliphatic rings. The van der Waals surface area contributed by atoms with E-state index in [1.54, 1.807) is 25.2 Å². The minimum atomic E-state index is -0.384. The number of fused-ring (bicyclic) bond motifs is 1. The van der Waals surface area contributed by atoms with Crippen molar-refractivity contribution in [3.8, 4) is 0 Å². The SMILES string of the molecule is Cn1c(=O)oc2ccc(CO)cc21. The van der Waals surface area contributed by atoms with Gasteiger partial charge in [0.05, 0.1) is 12.1 Å². The zero-order chi connectivity index (χ0) is 9.42.